The molecule has 5 heteroatoms. The maximum atomic E-state index is 13.6. The average molecular weight is 439 g/mol. The summed E-state index contributed by atoms with van der Waals surface area (Å²) in [6.07, 6.45) is 7.18. The Kier molecular flexibility index (Phi) is 5.87. The average Bonchev–Trinajstić information content (AvgIpc) is 3.08. The molecule has 32 heavy (non-hydrogen) atoms. The van der Waals surface area contributed by atoms with E-state index in [1.807, 2.05) is 24.3 Å². The van der Waals surface area contributed by atoms with Gasteiger partial charge in [0.25, 0.3) is 0 Å². The Morgan fingerprint density at radius 2 is 1.78 bits per heavy atom. The number of benzene rings is 1. The molecule has 0 amide bonds. The fraction of sp³-hybridized carbons (Fsp3) is 0.630. The normalized spacial score (nSPS) is 41.7. The maximum absolute atomic E-state index is 13.6. The number of rotatable bonds is 0. The quantitative estimate of drug-likeness (QED) is 0.377. The molecule has 0 radical (unpaired) electrons. The zero-order valence-electron chi connectivity index (χ0n) is 19.0. The van der Waals surface area contributed by atoms with Crippen LogP contribution in [0.4, 0.5) is 0 Å². The van der Waals surface area contributed by atoms with E-state index in [9.17, 15) is 14.7 Å². The van der Waals surface area contributed by atoms with Crippen LogP contribution in [0.25, 0.3) is 0 Å². The summed E-state index contributed by atoms with van der Waals surface area (Å²) in [7, 11) is 0. The minimum absolute atomic E-state index is 0.0118. The Hall–Kier alpha value is -2.14. The standard InChI is InChI=1S/C27H34O5/c1-15-3-9-20-22(11-15)21-10-4-16(2)27-26(21)25(20)23(29)13-24(30)31-14-18(28)12-17-5-7-19(32-27)8-6-17/h4-8,10,15-16,18,20-22,25-28H,3,9,11-14H2,1-2H3/t15-,16+,18?,20-,21+,22-,25-,26-,27+/m1/s1. The summed E-state index contributed by atoms with van der Waals surface area (Å²) < 4.78 is 11.9. The van der Waals surface area contributed by atoms with Crippen LogP contribution < -0.4 is 4.74 Å². The Labute approximate surface area is 190 Å². The lowest BCUT2D eigenvalue weighted by Crippen LogP contribution is -2.43. The highest BCUT2D eigenvalue weighted by Crippen LogP contribution is 2.58. The number of aliphatic hydroxyl groups excluding tert-OH is 1. The van der Waals surface area contributed by atoms with E-state index >= 15 is 0 Å². The molecule has 1 N–H and O–H groups in total. The predicted molar refractivity (Wildman–Crippen MR) is 120 cm³/mol. The molecule has 2 bridgehead atoms. The van der Waals surface area contributed by atoms with Crippen molar-refractivity contribution >= 4 is 11.8 Å². The highest BCUT2D eigenvalue weighted by molar-refractivity contribution is 5.97. The lowest BCUT2D eigenvalue weighted by atomic mass is 9.71. The van der Waals surface area contributed by atoms with Crippen molar-refractivity contribution < 1.29 is 24.2 Å². The van der Waals surface area contributed by atoms with Crippen LogP contribution in [0, 0.1) is 41.4 Å². The lowest BCUT2D eigenvalue weighted by Gasteiger charge is -2.38. The number of aliphatic hydroxyl groups is 1. The molecule has 2 heterocycles. The number of ether oxygens (including phenoxy) is 2. The van der Waals surface area contributed by atoms with Gasteiger partial charge >= 0.3 is 5.97 Å². The molecular weight excluding hydrogens is 404 g/mol. The van der Waals surface area contributed by atoms with Crippen LogP contribution >= 0.6 is 0 Å². The van der Waals surface area contributed by atoms with Crippen LogP contribution in [-0.4, -0.2) is 35.7 Å². The van der Waals surface area contributed by atoms with Crippen molar-refractivity contribution in [3.05, 3.63) is 42.0 Å². The molecule has 2 aliphatic heterocycles. The van der Waals surface area contributed by atoms with E-state index in [0.717, 1.165) is 30.6 Å². The van der Waals surface area contributed by atoms with Gasteiger partial charge in [-0.1, -0.05) is 44.6 Å². The Bertz CT molecular complexity index is 890. The number of ketones is 1. The highest BCUT2D eigenvalue weighted by atomic mass is 16.5. The van der Waals surface area contributed by atoms with Crippen LogP contribution in [0.3, 0.4) is 0 Å². The minimum Gasteiger partial charge on any atom is -0.489 e. The maximum Gasteiger partial charge on any atom is 0.313 e. The van der Waals surface area contributed by atoms with Crippen LogP contribution in [-0.2, 0) is 20.7 Å². The summed E-state index contributed by atoms with van der Waals surface area (Å²) in [5.74, 6) is 2.07. The summed E-state index contributed by atoms with van der Waals surface area (Å²) in [5, 5.41) is 10.3. The van der Waals surface area contributed by atoms with Crippen molar-refractivity contribution in [2.45, 2.75) is 58.2 Å². The van der Waals surface area contributed by atoms with Crippen LogP contribution in [0.5, 0.6) is 5.75 Å². The molecule has 172 valence electrons. The SMILES string of the molecule is C[C@@H]1CC[C@@H]2[C@@H](C1)[C@@H]1C=C[C@H](C)[C@@H]3Oc4ccc(cc4)CC(O)COC(=O)CC(=O)[C@@H]2[C@@H]13. The molecule has 0 saturated heterocycles. The largest absolute Gasteiger partial charge is 0.489 e. The van der Waals surface area contributed by atoms with Gasteiger partial charge in [0.15, 0.2) is 0 Å². The molecule has 9 atom stereocenters. The molecule has 1 aromatic rings. The molecule has 2 fully saturated rings. The second-order valence-electron chi connectivity index (χ2n) is 10.6. The molecule has 5 nitrogen and oxygen atoms in total. The van der Waals surface area contributed by atoms with Gasteiger partial charge in [0.2, 0.25) is 0 Å². The first-order chi connectivity index (χ1) is 15.4. The molecule has 2 saturated carbocycles. The highest BCUT2D eigenvalue weighted by Gasteiger charge is 2.58. The molecule has 1 aromatic carbocycles. The number of hydrogen-bond acceptors (Lipinski definition) is 5. The zero-order valence-corrected chi connectivity index (χ0v) is 19.0. The number of carbonyl (C=O) groups excluding carboxylic acids is 2. The van der Waals surface area contributed by atoms with Gasteiger partial charge in [0.05, 0.1) is 6.10 Å². The third-order valence-corrected chi connectivity index (χ3v) is 8.36. The molecular formula is C27H34O5. The van der Waals surface area contributed by atoms with Gasteiger partial charge in [-0.25, -0.2) is 0 Å². The van der Waals surface area contributed by atoms with E-state index in [0.29, 0.717) is 30.1 Å². The third kappa shape index (κ3) is 4.00. The van der Waals surface area contributed by atoms with Crippen molar-refractivity contribution in [2.75, 3.05) is 6.61 Å². The van der Waals surface area contributed by atoms with Crippen molar-refractivity contribution in [2.24, 2.45) is 41.4 Å². The smallest absolute Gasteiger partial charge is 0.313 e. The van der Waals surface area contributed by atoms with Gasteiger partial charge in [0.1, 0.15) is 30.7 Å². The van der Waals surface area contributed by atoms with Crippen LogP contribution in [0.1, 0.15) is 45.1 Å². The number of fused-ring (bicyclic) bond motifs is 10. The van der Waals surface area contributed by atoms with E-state index in [1.54, 1.807) is 0 Å². The Balaban J connectivity index is 1.54. The van der Waals surface area contributed by atoms with E-state index in [2.05, 4.69) is 26.0 Å². The number of carbonyl (C=O) groups is 2. The van der Waals surface area contributed by atoms with Crippen molar-refractivity contribution in [1.29, 1.82) is 0 Å². The summed E-state index contributed by atoms with van der Waals surface area (Å²) >= 11 is 0. The number of allylic oxidation sites excluding steroid dienone is 1. The van der Waals surface area contributed by atoms with E-state index < -0.39 is 12.1 Å². The van der Waals surface area contributed by atoms with Crippen molar-refractivity contribution in [3.8, 4) is 5.75 Å². The van der Waals surface area contributed by atoms with Gasteiger partial charge in [-0.3, -0.25) is 9.59 Å². The fourth-order valence-corrected chi connectivity index (χ4v) is 6.94. The first-order valence-electron chi connectivity index (χ1n) is 12.2. The second kappa shape index (κ2) is 8.66. The Morgan fingerprint density at radius 3 is 2.56 bits per heavy atom. The van der Waals surface area contributed by atoms with E-state index in [-0.39, 0.29) is 42.7 Å². The molecule has 0 aromatic heterocycles. The van der Waals surface area contributed by atoms with Gasteiger partial charge < -0.3 is 14.6 Å². The fourth-order valence-electron chi connectivity index (χ4n) is 6.94. The zero-order chi connectivity index (χ0) is 22.4. The third-order valence-electron chi connectivity index (χ3n) is 8.36. The number of hydrogen-bond donors (Lipinski definition) is 1. The van der Waals surface area contributed by atoms with Crippen molar-refractivity contribution in [1.82, 2.24) is 0 Å². The molecule has 5 aliphatic rings. The first kappa shape index (κ1) is 21.7. The van der Waals surface area contributed by atoms with Gasteiger partial charge in [-0.05, 0) is 54.2 Å². The van der Waals surface area contributed by atoms with E-state index in [4.69, 9.17) is 9.47 Å². The van der Waals surface area contributed by atoms with Gasteiger partial charge in [0, 0.05) is 24.2 Å². The van der Waals surface area contributed by atoms with Gasteiger partial charge in [-0.2, -0.15) is 0 Å². The molecule has 0 spiro atoms. The topological polar surface area (TPSA) is 72.8 Å². The number of esters is 1. The predicted octanol–water partition coefficient (Wildman–Crippen LogP) is 3.97. The van der Waals surface area contributed by atoms with Gasteiger partial charge in [-0.15, -0.1) is 0 Å². The summed E-state index contributed by atoms with van der Waals surface area (Å²) in [6.45, 7) is 4.38. The summed E-state index contributed by atoms with van der Waals surface area (Å²) in [4.78, 5) is 26.1. The number of Topliss-reactive ketones (excluding diaryl/α,β-unsaturated/α-hetero) is 1. The minimum atomic E-state index is -0.794. The summed E-state index contributed by atoms with van der Waals surface area (Å²) in [5.41, 5.74) is 0.958. The van der Waals surface area contributed by atoms with E-state index in [1.165, 1.54) is 0 Å². The van der Waals surface area contributed by atoms with Crippen LogP contribution in [0.2, 0.25) is 0 Å². The summed E-state index contributed by atoms with van der Waals surface area (Å²) in [6, 6.07) is 7.82. The molecule has 1 unspecified atom stereocenters. The molecule has 3 aliphatic carbocycles. The Morgan fingerprint density at radius 1 is 1.00 bits per heavy atom. The second-order valence-corrected chi connectivity index (χ2v) is 10.6. The lowest BCUT2D eigenvalue weighted by molar-refractivity contribution is -0.150. The van der Waals surface area contributed by atoms with Crippen LogP contribution in [0.15, 0.2) is 36.4 Å². The van der Waals surface area contributed by atoms with Crippen molar-refractivity contribution in [3.63, 3.8) is 0 Å². The molecule has 6 rings (SSSR count). The first-order valence-corrected chi connectivity index (χ1v) is 12.2. The monoisotopic (exact) mass is 438 g/mol.